The molecule has 0 spiro atoms. The third-order valence-electron chi connectivity index (χ3n) is 0.129. The number of hydrogen-bond donors (Lipinski definition) is 3. The van der Waals surface area contributed by atoms with Gasteiger partial charge in [0.05, 0.1) is 6.61 Å². The molecule has 0 unspecified atom stereocenters. The van der Waals surface area contributed by atoms with Gasteiger partial charge in [-0.2, -0.15) is 0 Å². The van der Waals surface area contributed by atoms with Crippen LogP contribution in [0.15, 0.2) is 0 Å². The number of hydrogen-bond acceptors (Lipinski definition) is 3. The van der Waals surface area contributed by atoms with Gasteiger partial charge < -0.3 is 15.9 Å². The number of aliphatic hydroxyl groups excluding tert-OH is 1. The van der Waals surface area contributed by atoms with Gasteiger partial charge in [0.1, 0.15) is 0 Å². The predicted octanol–water partition coefficient (Wildman–Crippen LogP) is -1.36. The maximum absolute atomic E-state index is 8.36. The van der Waals surface area contributed by atoms with Crippen LogP contribution in [-0.2, 0) is 21.9 Å². The average Bonchev–Trinajstić information content (AvgIpc) is 1.69. The zero-order valence-corrected chi connectivity index (χ0v) is 5.11. The molecule has 55 valence electrons. The molecule has 0 bridgehead atoms. The van der Waals surface area contributed by atoms with Crippen molar-refractivity contribution in [1.82, 2.24) is 0 Å². The summed E-state index contributed by atoms with van der Waals surface area (Å²) in [6, 6.07) is 0. The summed E-state index contributed by atoms with van der Waals surface area (Å²) in [6.45, 7) is 0.222. The summed E-state index contributed by atoms with van der Waals surface area (Å²) in [5, 5.41) is 14.6. The van der Waals surface area contributed by atoms with Gasteiger partial charge in [0, 0.05) is 23.6 Å². The quantitative estimate of drug-likeness (QED) is 0.335. The maximum Gasteiger partial charge on any atom is 0.290 e. The number of carboxylic acid groups (broad SMARTS) is 1. The molecule has 1 radical (unpaired) electrons. The van der Waals surface area contributed by atoms with Crippen LogP contribution in [0.3, 0.4) is 0 Å². The summed E-state index contributed by atoms with van der Waals surface area (Å²) < 4.78 is 0. The second kappa shape index (κ2) is 28.5. The molecule has 0 fully saturated rings. The monoisotopic (exact) mass is 170 g/mol. The zero-order valence-electron chi connectivity index (χ0n) is 4.17. The van der Waals surface area contributed by atoms with E-state index >= 15 is 0 Å². The number of carbonyl (C=O) groups is 1. The van der Waals surface area contributed by atoms with Crippen LogP contribution in [0.4, 0.5) is 0 Å². The minimum absolute atomic E-state index is 0. The van der Waals surface area contributed by atoms with Crippen LogP contribution >= 0.6 is 0 Å². The molecule has 0 aromatic heterocycles. The van der Waals surface area contributed by atoms with Gasteiger partial charge in [0.25, 0.3) is 6.47 Å². The molecule has 4 N–H and O–H groups in total. The molecule has 5 heteroatoms. The normalized spacial score (nSPS) is 5.25. The molecule has 0 aromatic carbocycles. The average molecular weight is 171 g/mol. The van der Waals surface area contributed by atoms with E-state index < -0.39 is 0 Å². The SMILES string of the molecule is NCCO.O=CO.[Cu]. The van der Waals surface area contributed by atoms with Gasteiger partial charge in [-0.05, 0) is 0 Å². The smallest absolute Gasteiger partial charge is 0.290 e. The zero-order chi connectivity index (χ0) is 6.12. The number of nitrogens with two attached hydrogens (primary N) is 1. The fourth-order valence-electron chi connectivity index (χ4n) is 0. The standard InChI is InChI=1S/C2H7NO.CH2O2.Cu/c3-1-2-4;2-1-3;/h4H,1-3H2;1H,(H,2,3);. The molecule has 0 aromatic rings. The Kier molecular flexibility index (Phi) is 55.8. The van der Waals surface area contributed by atoms with Crippen LogP contribution in [-0.4, -0.2) is 29.8 Å². The summed E-state index contributed by atoms with van der Waals surface area (Å²) in [5.41, 5.74) is 4.78. The Morgan fingerprint density at radius 2 is 1.75 bits per heavy atom. The molecule has 0 heterocycles. The molecule has 0 atom stereocenters. The van der Waals surface area contributed by atoms with Crippen LogP contribution in [0, 0.1) is 0 Å². The van der Waals surface area contributed by atoms with Crippen molar-refractivity contribution in [2.24, 2.45) is 5.73 Å². The first-order valence-electron chi connectivity index (χ1n) is 1.72. The van der Waals surface area contributed by atoms with Crippen LogP contribution in [0.5, 0.6) is 0 Å². The van der Waals surface area contributed by atoms with Gasteiger partial charge in [0.2, 0.25) is 0 Å². The largest absolute Gasteiger partial charge is 0.483 e. The topological polar surface area (TPSA) is 83.5 Å². The van der Waals surface area contributed by atoms with E-state index in [1.165, 1.54) is 0 Å². The van der Waals surface area contributed by atoms with Crippen molar-refractivity contribution in [2.45, 2.75) is 0 Å². The van der Waals surface area contributed by atoms with Crippen LogP contribution in [0.25, 0.3) is 0 Å². The Hall–Kier alpha value is -0.0905. The van der Waals surface area contributed by atoms with Gasteiger partial charge in [-0.3, -0.25) is 4.79 Å². The first kappa shape index (κ1) is 15.7. The molecule has 0 aliphatic carbocycles. The Morgan fingerprint density at radius 1 is 1.62 bits per heavy atom. The summed E-state index contributed by atoms with van der Waals surface area (Å²) >= 11 is 0. The molecule has 4 nitrogen and oxygen atoms in total. The molecule has 0 aliphatic rings. The summed E-state index contributed by atoms with van der Waals surface area (Å²) in [4.78, 5) is 8.36. The van der Waals surface area contributed by atoms with Gasteiger partial charge in [-0.1, -0.05) is 0 Å². The maximum atomic E-state index is 8.36. The Balaban J connectivity index is -0.0000000575. The summed E-state index contributed by atoms with van der Waals surface area (Å²) in [7, 11) is 0. The summed E-state index contributed by atoms with van der Waals surface area (Å²) in [5.74, 6) is 0. The first-order valence-corrected chi connectivity index (χ1v) is 1.72. The van der Waals surface area contributed by atoms with Crippen molar-refractivity contribution < 1.29 is 32.1 Å². The summed E-state index contributed by atoms with van der Waals surface area (Å²) in [6.07, 6.45) is 0. The van der Waals surface area contributed by atoms with Crippen molar-refractivity contribution in [3.05, 3.63) is 0 Å². The molecule has 0 saturated carbocycles. The molecule has 0 rings (SSSR count). The van der Waals surface area contributed by atoms with Crippen molar-refractivity contribution in [1.29, 1.82) is 0 Å². The van der Waals surface area contributed by atoms with Crippen LogP contribution in [0.1, 0.15) is 0 Å². The minimum Gasteiger partial charge on any atom is -0.483 e. The van der Waals surface area contributed by atoms with E-state index in [1.807, 2.05) is 0 Å². The van der Waals surface area contributed by atoms with Crippen molar-refractivity contribution in [2.75, 3.05) is 13.2 Å². The van der Waals surface area contributed by atoms with E-state index in [9.17, 15) is 0 Å². The fourth-order valence-corrected chi connectivity index (χ4v) is 0. The van der Waals surface area contributed by atoms with E-state index in [-0.39, 0.29) is 30.1 Å². The van der Waals surface area contributed by atoms with Crippen LogP contribution in [0.2, 0.25) is 0 Å². The van der Waals surface area contributed by atoms with E-state index in [4.69, 9.17) is 20.7 Å². The Labute approximate surface area is 58.2 Å². The Bertz CT molecular complexity index is 33.7. The molecule has 8 heavy (non-hydrogen) atoms. The van der Waals surface area contributed by atoms with E-state index in [0.717, 1.165) is 0 Å². The molecule has 0 aliphatic heterocycles. The molecular weight excluding hydrogens is 162 g/mol. The Morgan fingerprint density at radius 3 is 1.75 bits per heavy atom. The van der Waals surface area contributed by atoms with E-state index in [2.05, 4.69) is 0 Å². The van der Waals surface area contributed by atoms with Gasteiger partial charge in [0.15, 0.2) is 0 Å². The molecular formula is C3H9CuNO3. The van der Waals surface area contributed by atoms with E-state index in [1.54, 1.807) is 0 Å². The van der Waals surface area contributed by atoms with Crippen molar-refractivity contribution in [3.63, 3.8) is 0 Å². The third-order valence-corrected chi connectivity index (χ3v) is 0.129. The second-order valence-corrected chi connectivity index (χ2v) is 0.618. The van der Waals surface area contributed by atoms with Crippen LogP contribution < -0.4 is 5.73 Å². The third kappa shape index (κ3) is 172. The first-order chi connectivity index (χ1) is 3.33. The second-order valence-electron chi connectivity index (χ2n) is 0.618. The molecule has 0 saturated heterocycles. The number of aliphatic hydroxyl groups is 1. The van der Waals surface area contributed by atoms with Gasteiger partial charge >= 0.3 is 0 Å². The van der Waals surface area contributed by atoms with Crippen molar-refractivity contribution >= 4 is 6.47 Å². The van der Waals surface area contributed by atoms with Gasteiger partial charge in [-0.15, -0.1) is 0 Å². The van der Waals surface area contributed by atoms with E-state index in [0.29, 0.717) is 6.54 Å². The van der Waals surface area contributed by atoms with Crippen molar-refractivity contribution in [3.8, 4) is 0 Å². The van der Waals surface area contributed by atoms with Gasteiger partial charge in [-0.25, -0.2) is 0 Å². The predicted molar refractivity (Wildman–Crippen MR) is 24.8 cm³/mol. The molecule has 0 amide bonds. The minimum atomic E-state index is -0.250. The number of rotatable bonds is 1. The fraction of sp³-hybridized carbons (Fsp3) is 0.667.